The van der Waals surface area contributed by atoms with Gasteiger partial charge in [-0.25, -0.2) is 0 Å². The van der Waals surface area contributed by atoms with Crippen molar-refractivity contribution in [1.82, 2.24) is 15.5 Å². The molecule has 1 fully saturated rings. The summed E-state index contributed by atoms with van der Waals surface area (Å²) in [5.74, 6) is 1.58. The molecule has 0 radical (unpaired) electrons. The Morgan fingerprint density at radius 1 is 1.21 bits per heavy atom. The highest BCUT2D eigenvalue weighted by Gasteiger charge is 2.28. The molecule has 6 heteroatoms. The molecule has 4 rings (SSSR count). The first-order chi connectivity index (χ1) is 13.7. The van der Waals surface area contributed by atoms with Gasteiger partial charge >= 0.3 is 0 Å². The molecule has 146 valence electrons. The van der Waals surface area contributed by atoms with Gasteiger partial charge in [-0.2, -0.15) is 0 Å². The number of carbonyl (C=O) groups excluding carboxylic acids is 1. The van der Waals surface area contributed by atoms with E-state index in [2.05, 4.69) is 33.0 Å². The van der Waals surface area contributed by atoms with Gasteiger partial charge in [-0.3, -0.25) is 4.79 Å². The number of thiophene rings is 1. The summed E-state index contributed by atoms with van der Waals surface area (Å²) in [5.41, 5.74) is 2.08. The van der Waals surface area contributed by atoms with Gasteiger partial charge in [-0.1, -0.05) is 36.6 Å². The number of nitrogens with one attached hydrogen (secondary N) is 1. The molecule has 1 saturated carbocycles. The number of nitrogens with zero attached hydrogens (tertiary/aromatic N) is 2. The summed E-state index contributed by atoms with van der Waals surface area (Å²) in [4.78, 5) is 13.8. The zero-order valence-corrected chi connectivity index (χ0v) is 16.9. The van der Waals surface area contributed by atoms with Crippen molar-refractivity contribution in [2.45, 2.75) is 51.5 Å². The number of amides is 1. The number of aryl methyl sites for hydroxylation is 2. The van der Waals surface area contributed by atoms with Crippen LogP contribution in [-0.4, -0.2) is 16.1 Å². The third-order valence-electron chi connectivity index (χ3n) is 5.37. The molecule has 2 aromatic heterocycles. The predicted octanol–water partition coefficient (Wildman–Crippen LogP) is 5.09. The maximum absolute atomic E-state index is 12.6. The Balaban J connectivity index is 1.35. The van der Waals surface area contributed by atoms with Crippen LogP contribution >= 0.6 is 11.3 Å². The van der Waals surface area contributed by atoms with E-state index in [1.807, 2.05) is 31.2 Å². The minimum absolute atomic E-state index is 0.0420. The van der Waals surface area contributed by atoms with Crippen LogP contribution in [0.3, 0.4) is 0 Å². The smallest absolute Gasteiger partial charge is 0.247 e. The second-order valence-electron chi connectivity index (χ2n) is 7.47. The summed E-state index contributed by atoms with van der Waals surface area (Å²) in [6.07, 6.45) is 5.69. The zero-order chi connectivity index (χ0) is 19.3. The van der Waals surface area contributed by atoms with E-state index < -0.39 is 0 Å². The Kier molecular flexibility index (Phi) is 5.86. The molecule has 1 atom stereocenters. The van der Waals surface area contributed by atoms with Gasteiger partial charge in [0, 0.05) is 23.3 Å². The number of benzene rings is 1. The average molecular weight is 396 g/mol. The number of rotatable bonds is 7. The van der Waals surface area contributed by atoms with Crippen molar-refractivity contribution in [3.8, 4) is 11.5 Å². The van der Waals surface area contributed by atoms with Gasteiger partial charge in [0.05, 0.1) is 6.04 Å². The molecule has 1 amide bonds. The molecule has 2 heterocycles. The first-order valence-electron chi connectivity index (χ1n) is 9.91. The summed E-state index contributed by atoms with van der Waals surface area (Å²) in [5, 5.41) is 13.5. The highest BCUT2D eigenvalue weighted by atomic mass is 32.1. The highest BCUT2D eigenvalue weighted by molar-refractivity contribution is 7.10. The monoisotopic (exact) mass is 395 g/mol. The fraction of sp³-hybridized carbons (Fsp3) is 0.409. The lowest BCUT2D eigenvalue weighted by Crippen LogP contribution is -2.32. The topological polar surface area (TPSA) is 68.0 Å². The molecule has 1 aliphatic rings. The molecule has 1 N–H and O–H groups in total. The Bertz CT molecular complexity index is 896. The first kappa shape index (κ1) is 18.9. The molecule has 0 saturated heterocycles. The van der Waals surface area contributed by atoms with Gasteiger partial charge in [-0.15, -0.1) is 21.5 Å². The summed E-state index contributed by atoms with van der Waals surface area (Å²) < 4.78 is 5.74. The van der Waals surface area contributed by atoms with Gasteiger partial charge < -0.3 is 9.73 Å². The molecule has 3 aromatic rings. The molecule has 1 aromatic carbocycles. The summed E-state index contributed by atoms with van der Waals surface area (Å²) in [6, 6.07) is 12.3. The van der Waals surface area contributed by atoms with Gasteiger partial charge in [0.25, 0.3) is 0 Å². The van der Waals surface area contributed by atoms with Crippen molar-refractivity contribution in [2.75, 3.05) is 0 Å². The van der Waals surface area contributed by atoms with E-state index in [0.29, 0.717) is 30.5 Å². The molecule has 1 aliphatic carbocycles. The molecular formula is C22H25N3O2S. The summed E-state index contributed by atoms with van der Waals surface area (Å²) >= 11 is 1.72. The van der Waals surface area contributed by atoms with Crippen molar-refractivity contribution >= 4 is 17.2 Å². The fourth-order valence-electron chi connectivity index (χ4n) is 3.81. The molecule has 5 nitrogen and oxygen atoms in total. The molecule has 1 unspecified atom stereocenters. The van der Waals surface area contributed by atoms with Crippen LogP contribution in [0.1, 0.15) is 54.5 Å². The van der Waals surface area contributed by atoms with E-state index in [0.717, 1.165) is 5.56 Å². The largest absolute Gasteiger partial charge is 0.421 e. The van der Waals surface area contributed by atoms with Crippen molar-refractivity contribution in [1.29, 1.82) is 0 Å². The van der Waals surface area contributed by atoms with Crippen LogP contribution in [0, 0.1) is 12.8 Å². The number of hydrogen-bond acceptors (Lipinski definition) is 5. The Hall–Kier alpha value is -2.47. The van der Waals surface area contributed by atoms with Crippen LogP contribution in [0.2, 0.25) is 0 Å². The summed E-state index contributed by atoms with van der Waals surface area (Å²) in [7, 11) is 0. The van der Waals surface area contributed by atoms with Crippen molar-refractivity contribution < 1.29 is 9.21 Å². The Morgan fingerprint density at radius 2 is 2.00 bits per heavy atom. The van der Waals surface area contributed by atoms with E-state index in [1.54, 1.807) is 11.3 Å². The third-order valence-corrected chi connectivity index (χ3v) is 6.32. The van der Waals surface area contributed by atoms with Crippen LogP contribution in [0.15, 0.2) is 46.2 Å². The second-order valence-corrected chi connectivity index (χ2v) is 8.45. The van der Waals surface area contributed by atoms with Crippen LogP contribution in [0.25, 0.3) is 11.5 Å². The quantitative estimate of drug-likeness (QED) is 0.605. The highest BCUT2D eigenvalue weighted by Crippen LogP contribution is 2.37. The molecule has 0 spiro atoms. The minimum Gasteiger partial charge on any atom is -0.421 e. The van der Waals surface area contributed by atoms with Crippen LogP contribution in [-0.2, 0) is 11.2 Å². The van der Waals surface area contributed by atoms with Gasteiger partial charge in [0.1, 0.15) is 0 Å². The van der Waals surface area contributed by atoms with Crippen molar-refractivity contribution in [3.05, 3.63) is 58.1 Å². The third kappa shape index (κ3) is 4.50. The molecule has 0 bridgehead atoms. The van der Waals surface area contributed by atoms with E-state index in [9.17, 15) is 4.79 Å². The minimum atomic E-state index is 0.0420. The normalized spacial score (nSPS) is 15.6. The Labute approximate surface area is 169 Å². The maximum Gasteiger partial charge on any atom is 0.247 e. The standard InChI is InChI=1S/C22H25N3O2S/c1-15-8-10-17(11-9-15)22-25-24-20(27-22)13-12-19(26)23-21(16-5-2-3-6-16)18-7-4-14-28-18/h4,7-11,14,16,21H,2-3,5-6,12-13H2,1H3,(H,23,26). The second kappa shape index (κ2) is 8.69. The summed E-state index contributed by atoms with van der Waals surface area (Å²) in [6.45, 7) is 2.04. The zero-order valence-electron chi connectivity index (χ0n) is 16.1. The molecule has 28 heavy (non-hydrogen) atoms. The van der Waals surface area contributed by atoms with E-state index >= 15 is 0 Å². The first-order valence-corrected chi connectivity index (χ1v) is 10.8. The van der Waals surface area contributed by atoms with Crippen molar-refractivity contribution in [3.63, 3.8) is 0 Å². The maximum atomic E-state index is 12.6. The number of hydrogen-bond donors (Lipinski definition) is 1. The van der Waals surface area contributed by atoms with Gasteiger partial charge in [-0.05, 0) is 49.3 Å². The lowest BCUT2D eigenvalue weighted by Gasteiger charge is -2.23. The van der Waals surface area contributed by atoms with E-state index in [4.69, 9.17) is 4.42 Å². The van der Waals surface area contributed by atoms with Gasteiger partial charge in [0.15, 0.2) is 0 Å². The predicted molar refractivity (Wildman–Crippen MR) is 110 cm³/mol. The van der Waals surface area contributed by atoms with E-state index in [1.165, 1.54) is 36.1 Å². The van der Waals surface area contributed by atoms with Crippen LogP contribution in [0.5, 0.6) is 0 Å². The lowest BCUT2D eigenvalue weighted by molar-refractivity contribution is -0.122. The lowest BCUT2D eigenvalue weighted by atomic mass is 9.96. The SMILES string of the molecule is Cc1ccc(-c2nnc(CCC(=O)NC(c3cccs3)C3CCCC3)o2)cc1. The van der Waals surface area contributed by atoms with Crippen LogP contribution < -0.4 is 5.32 Å². The Morgan fingerprint density at radius 3 is 2.71 bits per heavy atom. The molecule has 0 aliphatic heterocycles. The number of carbonyl (C=O) groups is 1. The number of aromatic nitrogens is 2. The van der Waals surface area contributed by atoms with Gasteiger partial charge in [0.2, 0.25) is 17.7 Å². The molecular weight excluding hydrogens is 370 g/mol. The van der Waals surface area contributed by atoms with Crippen LogP contribution in [0.4, 0.5) is 0 Å². The fourth-order valence-corrected chi connectivity index (χ4v) is 4.68. The van der Waals surface area contributed by atoms with E-state index in [-0.39, 0.29) is 11.9 Å². The average Bonchev–Trinajstić information content (AvgIpc) is 3.48. The van der Waals surface area contributed by atoms with Crippen molar-refractivity contribution in [2.24, 2.45) is 5.92 Å².